The second kappa shape index (κ2) is 4.32. The summed E-state index contributed by atoms with van der Waals surface area (Å²) in [5.74, 6) is -0.936. The molecule has 0 aromatic carbocycles. The fraction of sp³-hybridized carbons (Fsp3) is 0.167. The van der Waals surface area contributed by atoms with E-state index in [0.29, 0.717) is 0 Å². The summed E-state index contributed by atoms with van der Waals surface area (Å²) in [6.45, 7) is 1.82. The maximum Gasteiger partial charge on any atom is 0.328 e. The van der Waals surface area contributed by atoms with Gasteiger partial charge in [-0.1, -0.05) is 22.0 Å². The van der Waals surface area contributed by atoms with Gasteiger partial charge in [0.25, 0.3) is 0 Å². The predicted octanol–water partition coefficient (Wildman–Crippen LogP) is 1.93. The van der Waals surface area contributed by atoms with Crippen molar-refractivity contribution in [1.29, 1.82) is 0 Å². The summed E-state index contributed by atoms with van der Waals surface area (Å²) in [4.78, 5) is 9.88. The quantitative estimate of drug-likeness (QED) is 0.534. The molecule has 0 saturated carbocycles. The predicted molar refractivity (Wildman–Crippen MR) is 39.5 cm³/mol. The molecule has 9 heavy (non-hydrogen) atoms. The Balaban J connectivity index is 3.86. The molecule has 0 saturated heterocycles. The van der Waals surface area contributed by atoms with Crippen molar-refractivity contribution in [3.05, 3.63) is 22.7 Å². The average Bonchev–Trinajstić information content (AvgIpc) is 1.83. The minimum atomic E-state index is -0.936. The molecular weight excluding hydrogens is 184 g/mol. The summed E-state index contributed by atoms with van der Waals surface area (Å²) in [6.07, 6.45) is 4.31. The fourth-order valence-electron chi connectivity index (χ4n) is 0.247. The monoisotopic (exact) mass is 190 g/mol. The third kappa shape index (κ3) is 5.30. The molecule has 1 N–H and O–H groups in total. The Kier molecular flexibility index (Phi) is 4.05. The first-order valence-electron chi connectivity index (χ1n) is 2.39. The van der Waals surface area contributed by atoms with E-state index in [1.807, 2.05) is 6.92 Å². The van der Waals surface area contributed by atoms with Gasteiger partial charge in [-0.3, -0.25) is 0 Å². The zero-order chi connectivity index (χ0) is 7.28. The third-order valence-electron chi connectivity index (χ3n) is 0.661. The Morgan fingerprint density at radius 3 is 2.44 bits per heavy atom. The second-order valence-electron chi connectivity index (χ2n) is 1.35. The molecule has 2 nitrogen and oxygen atoms in total. The number of hydrogen-bond acceptors (Lipinski definition) is 1. The van der Waals surface area contributed by atoms with Crippen LogP contribution in [0.15, 0.2) is 22.7 Å². The van der Waals surface area contributed by atoms with Crippen LogP contribution in [-0.2, 0) is 4.79 Å². The molecule has 0 unspecified atom stereocenters. The third-order valence-corrected chi connectivity index (χ3v) is 1.38. The molecule has 0 aromatic heterocycles. The first kappa shape index (κ1) is 8.43. The van der Waals surface area contributed by atoms with Crippen molar-refractivity contribution in [3.8, 4) is 0 Å². The lowest BCUT2D eigenvalue weighted by Crippen LogP contribution is -1.84. The highest BCUT2D eigenvalue weighted by Crippen LogP contribution is 2.04. The number of carboxylic acid groups (broad SMARTS) is 1. The van der Waals surface area contributed by atoms with Gasteiger partial charge in [-0.15, -0.1) is 0 Å². The van der Waals surface area contributed by atoms with Crippen LogP contribution in [0.1, 0.15) is 6.92 Å². The fourth-order valence-corrected chi connectivity index (χ4v) is 0.379. The van der Waals surface area contributed by atoms with E-state index >= 15 is 0 Å². The smallest absolute Gasteiger partial charge is 0.328 e. The van der Waals surface area contributed by atoms with Gasteiger partial charge < -0.3 is 5.11 Å². The van der Waals surface area contributed by atoms with Crippen LogP contribution in [0.3, 0.4) is 0 Å². The number of carboxylic acids is 1. The number of hydrogen-bond donors (Lipinski definition) is 1. The van der Waals surface area contributed by atoms with Crippen molar-refractivity contribution in [2.45, 2.75) is 6.92 Å². The van der Waals surface area contributed by atoms with Gasteiger partial charge >= 0.3 is 5.97 Å². The van der Waals surface area contributed by atoms with E-state index < -0.39 is 5.97 Å². The van der Waals surface area contributed by atoms with Crippen molar-refractivity contribution >= 4 is 21.9 Å². The minimum absolute atomic E-state index is 0.768. The Morgan fingerprint density at radius 1 is 1.56 bits per heavy atom. The standard InChI is InChI=1S/C6H7BrO2/c1-2-5(7)3-4-6(8)9/h2-4H,1H3,(H,8,9)/b4-3-,5-2+. The van der Waals surface area contributed by atoms with Crippen LogP contribution in [0.5, 0.6) is 0 Å². The van der Waals surface area contributed by atoms with Gasteiger partial charge in [0.2, 0.25) is 0 Å². The molecule has 0 radical (unpaired) electrons. The van der Waals surface area contributed by atoms with Crippen LogP contribution in [0, 0.1) is 0 Å². The molecule has 0 aliphatic heterocycles. The highest BCUT2D eigenvalue weighted by Gasteiger charge is 1.84. The number of carbonyl (C=O) groups is 1. The molecule has 3 heteroatoms. The van der Waals surface area contributed by atoms with Gasteiger partial charge in [0, 0.05) is 10.6 Å². The van der Waals surface area contributed by atoms with E-state index in [9.17, 15) is 4.79 Å². The van der Waals surface area contributed by atoms with E-state index in [0.717, 1.165) is 10.6 Å². The summed E-state index contributed by atoms with van der Waals surface area (Å²) in [6, 6.07) is 0. The summed E-state index contributed by atoms with van der Waals surface area (Å²) in [5.41, 5.74) is 0. The number of allylic oxidation sites excluding steroid dienone is 3. The largest absolute Gasteiger partial charge is 0.478 e. The molecule has 0 fully saturated rings. The summed E-state index contributed by atoms with van der Waals surface area (Å²) in [5, 5.41) is 8.12. The Bertz CT molecular complexity index is 158. The van der Waals surface area contributed by atoms with Crippen molar-refractivity contribution in [2.75, 3.05) is 0 Å². The Morgan fingerprint density at radius 2 is 2.11 bits per heavy atom. The van der Waals surface area contributed by atoms with Gasteiger partial charge in [0.05, 0.1) is 0 Å². The summed E-state index contributed by atoms with van der Waals surface area (Å²) in [7, 11) is 0. The van der Waals surface area contributed by atoms with Gasteiger partial charge in [-0.25, -0.2) is 4.79 Å². The zero-order valence-corrected chi connectivity index (χ0v) is 6.55. The van der Waals surface area contributed by atoms with Crippen LogP contribution in [0.4, 0.5) is 0 Å². The molecule has 0 spiro atoms. The second-order valence-corrected chi connectivity index (χ2v) is 2.26. The molecule has 0 rings (SSSR count). The maximum absolute atomic E-state index is 9.88. The van der Waals surface area contributed by atoms with Crippen molar-refractivity contribution in [1.82, 2.24) is 0 Å². The highest BCUT2D eigenvalue weighted by atomic mass is 79.9. The number of halogens is 1. The molecule has 0 amide bonds. The first-order valence-corrected chi connectivity index (χ1v) is 3.19. The summed E-state index contributed by atoms with van der Waals surface area (Å²) >= 11 is 3.12. The van der Waals surface area contributed by atoms with E-state index in [1.165, 1.54) is 6.08 Å². The van der Waals surface area contributed by atoms with Crippen LogP contribution in [-0.4, -0.2) is 11.1 Å². The minimum Gasteiger partial charge on any atom is -0.478 e. The topological polar surface area (TPSA) is 37.3 Å². The molecule has 50 valence electrons. The zero-order valence-electron chi connectivity index (χ0n) is 4.97. The molecule has 0 aliphatic carbocycles. The average molecular weight is 191 g/mol. The molecule has 0 aromatic rings. The van der Waals surface area contributed by atoms with Gasteiger partial charge in [-0.05, 0) is 13.0 Å². The SMILES string of the molecule is C/C=C(Br)\C=C/C(=O)O. The molecule has 0 heterocycles. The van der Waals surface area contributed by atoms with E-state index in [1.54, 1.807) is 6.08 Å². The first-order chi connectivity index (χ1) is 4.16. The van der Waals surface area contributed by atoms with E-state index in [2.05, 4.69) is 15.9 Å². The van der Waals surface area contributed by atoms with Gasteiger partial charge in [-0.2, -0.15) is 0 Å². The number of aliphatic carboxylic acids is 1. The maximum atomic E-state index is 9.88. The molecular formula is C6H7BrO2. The molecule has 0 aliphatic rings. The lowest BCUT2D eigenvalue weighted by Gasteiger charge is -1.81. The van der Waals surface area contributed by atoms with E-state index in [4.69, 9.17) is 5.11 Å². The molecule has 0 atom stereocenters. The van der Waals surface area contributed by atoms with Crippen molar-refractivity contribution in [3.63, 3.8) is 0 Å². The Hall–Kier alpha value is -0.570. The number of rotatable bonds is 2. The van der Waals surface area contributed by atoms with Crippen molar-refractivity contribution in [2.24, 2.45) is 0 Å². The lowest BCUT2D eigenvalue weighted by atomic mass is 10.4. The summed E-state index contributed by atoms with van der Waals surface area (Å²) < 4.78 is 0.768. The van der Waals surface area contributed by atoms with E-state index in [-0.39, 0.29) is 0 Å². The van der Waals surface area contributed by atoms with Gasteiger partial charge in [0.15, 0.2) is 0 Å². The highest BCUT2D eigenvalue weighted by molar-refractivity contribution is 9.11. The van der Waals surface area contributed by atoms with Crippen LogP contribution in [0.25, 0.3) is 0 Å². The van der Waals surface area contributed by atoms with Crippen molar-refractivity contribution < 1.29 is 9.90 Å². The molecule has 0 bridgehead atoms. The van der Waals surface area contributed by atoms with Gasteiger partial charge in [0.1, 0.15) is 0 Å². The lowest BCUT2D eigenvalue weighted by molar-refractivity contribution is -0.131. The van der Waals surface area contributed by atoms with Crippen LogP contribution < -0.4 is 0 Å². The van der Waals surface area contributed by atoms with Crippen LogP contribution >= 0.6 is 15.9 Å². The Labute approximate surface area is 62.0 Å². The normalized spacial score (nSPS) is 12.4. The van der Waals surface area contributed by atoms with Crippen LogP contribution in [0.2, 0.25) is 0 Å².